The third-order valence-electron chi connectivity index (χ3n) is 6.11. The second-order valence-electron chi connectivity index (χ2n) is 8.37. The van der Waals surface area contributed by atoms with E-state index in [1.165, 1.54) is 0 Å². The zero-order valence-electron chi connectivity index (χ0n) is 19.5. The van der Waals surface area contributed by atoms with Gasteiger partial charge in [-0.2, -0.15) is 0 Å². The fourth-order valence-electron chi connectivity index (χ4n) is 4.31. The molecule has 1 fully saturated rings. The van der Waals surface area contributed by atoms with Gasteiger partial charge < -0.3 is 14.5 Å². The topological polar surface area (TPSA) is 49.9 Å². The molecule has 1 amide bonds. The molecule has 4 rings (SSSR count). The minimum absolute atomic E-state index is 0.0954. The predicted octanol–water partition coefficient (Wildman–Crippen LogP) is 4.90. The van der Waals surface area contributed by atoms with E-state index in [2.05, 4.69) is 11.0 Å². The molecule has 5 heteroatoms. The van der Waals surface area contributed by atoms with Gasteiger partial charge in [0.1, 0.15) is 5.75 Å². The van der Waals surface area contributed by atoms with Crippen molar-refractivity contribution in [1.82, 2.24) is 4.90 Å². The summed E-state index contributed by atoms with van der Waals surface area (Å²) in [4.78, 5) is 30.9. The SMILES string of the molecule is CCOc1ccccc1N1CCN(C(=O)c2ccccc2C(=O)c2cc(C)ccc2C)CC1. The lowest BCUT2D eigenvalue weighted by Gasteiger charge is -2.37. The van der Waals surface area contributed by atoms with Gasteiger partial charge in [0.05, 0.1) is 17.9 Å². The number of nitrogens with zero attached hydrogens (tertiary/aromatic N) is 2. The van der Waals surface area contributed by atoms with Gasteiger partial charge in [-0.05, 0) is 50.6 Å². The monoisotopic (exact) mass is 442 g/mol. The molecule has 0 spiro atoms. The van der Waals surface area contributed by atoms with E-state index in [4.69, 9.17) is 4.74 Å². The number of hydrogen-bond donors (Lipinski definition) is 0. The van der Waals surface area contributed by atoms with Crippen LogP contribution in [0.15, 0.2) is 66.7 Å². The van der Waals surface area contributed by atoms with E-state index in [0.29, 0.717) is 49.5 Å². The number of hydrogen-bond acceptors (Lipinski definition) is 4. The molecule has 0 aromatic heterocycles. The Balaban J connectivity index is 1.53. The van der Waals surface area contributed by atoms with Crippen LogP contribution in [0.3, 0.4) is 0 Å². The molecule has 1 aliphatic rings. The summed E-state index contributed by atoms with van der Waals surface area (Å²) in [5, 5.41) is 0. The molecule has 1 aliphatic heterocycles. The number of rotatable bonds is 6. The summed E-state index contributed by atoms with van der Waals surface area (Å²) >= 11 is 0. The van der Waals surface area contributed by atoms with Crippen molar-refractivity contribution in [3.63, 3.8) is 0 Å². The van der Waals surface area contributed by atoms with Gasteiger partial charge >= 0.3 is 0 Å². The first kappa shape index (κ1) is 22.6. The van der Waals surface area contributed by atoms with Crippen LogP contribution in [0.2, 0.25) is 0 Å². The fraction of sp³-hybridized carbons (Fsp3) is 0.286. The largest absolute Gasteiger partial charge is 0.492 e. The second kappa shape index (κ2) is 9.90. The summed E-state index contributed by atoms with van der Waals surface area (Å²) in [5.41, 5.74) is 4.56. The number of ketones is 1. The molecule has 3 aromatic rings. The Labute approximate surface area is 195 Å². The number of para-hydroxylation sites is 2. The summed E-state index contributed by atoms with van der Waals surface area (Å²) in [7, 11) is 0. The molecular weight excluding hydrogens is 412 g/mol. The van der Waals surface area contributed by atoms with Crippen LogP contribution in [0.25, 0.3) is 0 Å². The van der Waals surface area contributed by atoms with Gasteiger partial charge in [-0.1, -0.05) is 48.0 Å². The van der Waals surface area contributed by atoms with Crippen LogP contribution < -0.4 is 9.64 Å². The number of amides is 1. The lowest BCUT2D eigenvalue weighted by Crippen LogP contribution is -2.49. The maximum absolute atomic E-state index is 13.5. The highest BCUT2D eigenvalue weighted by molar-refractivity contribution is 6.16. The first-order valence-electron chi connectivity index (χ1n) is 11.5. The maximum atomic E-state index is 13.5. The van der Waals surface area contributed by atoms with Crippen LogP contribution >= 0.6 is 0 Å². The molecule has 5 nitrogen and oxygen atoms in total. The average molecular weight is 443 g/mol. The number of ether oxygens (including phenoxy) is 1. The molecule has 1 heterocycles. The Kier molecular flexibility index (Phi) is 6.78. The van der Waals surface area contributed by atoms with Crippen LogP contribution in [0.5, 0.6) is 5.75 Å². The first-order chi connectivity index (χ1) is 16.0. The van der Waals surface area contributed by atoms with Crippen molar-refractivity contribution in [2.75, 3.05) is 37.7 Å². The molecule has 0 unspecified atom stereocenters. The van der Waals surface area contributed by atoms with Gasteiger partial charge in [0.25, 0.3) is 5.91 Å². The Morgan fingerprint density at radius 1 is 0.818 bits per heavy atom. The summed E-state index contributed by atoms with van der Waals surface area (Å²) in [5.74, 6) is 0.663. The molecule has 0 saturated carbocycles. The third-order valence-corrected chi connectivity index (χ3v) is 6.11. The van der Waals surface area contributed by atoms with E-state index in [1.54, 1.807) is 12.1 Å². The van der Waals surface area contributed by atoms with E-state index in [0.717, 1.165) is 22.6 Å². The maximum Gasteiger partial charge on any atom is 0.254 e. The minimum atomic E-state index is -0.107. The standard InChI is InChI=1S/C28H30N2O3/c1-4-33-26-12-8-7-11-25(26)29-15-17-30(18-16-29)28(32)23-10-6-5-9-22(23)27(31)24-19-20(2)13-14-21(24)3/h5-14,19H,4,15-18H2,1-3H3. The van der Waals surface area contributed by atoms with Crippen molar-refractivity contribution < 1.29 is 14.3 Å². The Bertz CT molecular complexity index is 1160. The van der Waals surface area contributed by atoms with Gasteiger partial charge in [-0.25, -0.2) is 0 Å². The summed E-state index contributed by atoms with van der Waals surface area (Å²) < 4.78 is 5.78. The van der Waals surface area contributed by atoms with Crippen molar-refractivity contribution in [2.45, 2.75) is 20.8 Å². The summed E-state index contributed by atoms with van der Waals surface area (Å²) in [6.45, 7) is 9.08. The van der Waals surface area contributed by atoms with Crippen molar-refractivity contribution in [3.8, 4) is 5.75 Å². The van der Waals surface area contributed by atoms with Gasteiger partial charge in [-0.15, -0.1) is 0 Å². The molecule has 0 bridgehead atoms. The van der Waals surface area contributed by atoms with E-state index in [-0.39, 0.29) is 11.7 Å². The Morgan fingerprint density at radius 3 is 2.21 bits per heavy atom. The Hall–Kier alpha value is -3.60. The summed E-state index contributed by atoms with van der Waals surface area (Å²) in [6.07, 6.45) is 0. The van der Waals surface area contributed by atoms with Crippen LogP contribution in [0.1, 0.15) is 44.3 Å². The van der Waals surface area contributed by atoms with E-state index in [9.17, 15) is 9.59 Å². The predicted molar refractivity (Wildman–Crippen MR) is 132 cm³/mol. The molecule has 3 aromatic carbocycles. The van der Waals surface area contributed by atoms with Gasteiger partial charge in [0.2, 0.25) is 0 Å². The number of piperazine rings is 1. The highest BCUT2D eigenvalue weighted by atomic mass is 16.5. The molecular formula is C28H30N2O3. The van der Waals surface area contributed by atoms with Crippen LogP contribution in [0, 0.1) is 13.8 Å². The zero-order valence-corrected chi connectivity index (χ0v) is 19.5. The fourth-order valence-corrected chi connectivity index (χ4v) is 4.31. The molecule has 1 saturated heterocycles. The van der Waals surface area contributed by atoms with Crippen LogP contribution in [0.4, 0.5) is 5.69 Å². The van der Waals surface area contributed by atoms with Gasteiger partial charge in [-0.3, -0.25) is 9.59 Å². The van der Waals surface area contributed by atoms with Gasteiger partial charge in [0.15, 0.2) is 5.78 Å². The second-order valence-corrected chi connectivity index (χ2v) is 8.37. The molecule has 0 aliphatic carbocycles. The van der Waals surface area contributed by atoms with E-state index >= 15 is 0 Å². The van der Waals surface area contributed by atoms with E-state index in [1.807, 2.05) is 74.2 Å². The number of carbonyl (C=O) groups is 2. The van der Waals surface area contributed by atoms with Crippen molar-refractivity contribution in [2.24, 2.45) is 0 Å². The Morgan fingerprint density at radius 2 is 1.48 bits per heavy atom. The lowest BCUT2D eigenvalue weighted by molar-refractivity contribution is 0.0742. The number of benzene rings is 3. The normalized spacial score (nSPS) is 13.7. The molecule has 170 valence electrons. The third kappa shape index (κ3) is 4.77. The molecule has 0 atom stereocenters. The summed E-state index contributed by atoms with van der Waals surface area (Å²) in [6, 6.07) is 21.0. The highest BCUT2D eigenvalue weighted by Gasteiger charge is 2.27. The number of anilines is 1. The zero-order chi connectivity index (χ0) is 23.4. The van der Waals surface area contributed by atoms with Crippen molar-refractivity contribution in [3.05, 3.63) is 94.5 Å². The minimum Gasteiger partial charge on any atom is -0.492 e. The van der Waals surface area contributed by atoms with Crippen molar-refractivity contribution in [1.29, 1.82) is 0 Å². The number of carbonyl (C=O) groups excluding carboxylic acids is 2. The highest BCUT2D eigenvalue weighted by Crippen LogP contribution is 2.29. The smallest absolute Gasteiger partial charge is 0.254 e. The van der Waals surface area contributed by atoms with Crippen LogP contribution in [-0.2, 0) is 0 Å². The quantitative estimate of drug-likeness (QED) is 0.510. The number of aryl methyl sites for hydroxylation is 2. The molecule has 0 radical (unpaired) electrons. The van der Waals surface area contributed by atoms with E-state index < -0.39 is 0 Å². The lowest BCUT2D eigenvalue weighted by atomic mass is 9.94. The van der Waals surface area contributed by atoms with Crippen LogP contribution in [-0.4, -0.2) is 49.4 Å². The van der Waals surface area contributed by atoms with Gasteiger partial charge in [0, 0.05) is 37.3 Å². The first-order valence-corrected chi connectivity index (χ1v) is 11.5. The molecule has 0 N–H and O–H groups in total. The average Bonchev–Trinajstić information content (AvgIpc) is 2.85. The molecule has 33 heavy (non-hydrogen) atoms. The van der Waals surface area contributed by atoms with Crippen molar-refractivity contribution >= 4 is 17.4 Å².